The molecular weight excluding hydrogens is 280 g/mol. The number of hydrogen-bond donors (Lipinski definition) is 1. The second-order valence-electron chi connectivity index (χ2n) is 3.99. The molecule has 0 atom stereocenters. The lowest BCUT2D eigenvalue weighted by molar-refractivity contribution is 0.317. The van der Waals surface area contributed by atoms with Crippen molar-refractivity contribution in [1.82, 2.24) is 0 Å². The van der Waals surface area contributed by atoms with E-state index in [1.807, 2.05) is 25.1 Å². The minimum absolute atomic E-state index is 0.296. The Hall–Kier alpha value is -1.22. The first kappa shape index (κ1) is 12.2. The average molecular weight is 295 g/mol. The minimum Gasteiger partial charge on any atom is -0.508 e. The van der Waals surface area contributed by atoms with E-state index in [0.717, 1.165) is 40.4 Å². The maximum absolute atomic E-state index is 9.43. The Morgan fingerprint density at radius 3 is 2.82 bits per heavy atom. The van der Waals surface area contributed by atoms with Crippen molar-refractivity contribution >= 4 is 26.7 Å². The van der Waals surface area contributed by atoms with Crippen LogP contribution in [0.15, 0.2) is 30.3 Å². The van der Waals surface area contributed by atoms with Crippen LogP contribution in [0.5, 0.6) is 11.5 Å². The second-order valence-corrected chi connectivity index (χ2v) is 4.78. The first-order valence-corrected chi connectivity index (χ1v) is 6.75. The van der Waals surface area contributed by atoms with Crippen molar-refractivity contribution in [3.8, 4) is 11.5 Å². The van der Waals surface area contributed by atoms with Gasteiger partial charge >= 0.3 is 0 Å². The third-order valence-corrected chi connectivity index (χ3v) is 3.32. The SMILES string of the molecule is Cc1c(OCCCBr)ccc2cc(O)ccc12. The van der Waals surface area contributed by atoms with E-state index in [4.69, 9.17) is 4.74 Å². The van der Waals surface area contributed by atoms with Gasteiger partial charge in [-0.25, -0.2) is 0 Å². The molecule has 0 radical (unpaired) electrons. The van der Waals surface area contributed by atoms with Crippen molar-refractivity contribution in [2.45, 2.75) is 13.3 Å². The third-order valence-electron chi connectivity index (χ3n) is 2.76. The Kier molecular flexibility index (Phi) is 3.89. The van der Waals surface area contributed by atoms with Crippen LogP contribution in [-0.2, 0) is 0 Å². The van der Waals surface area contributed by atoms with E-state index in [1.54, 1.807) is 12.1 Å². The molecule has 0 heterocycles. The van der Waals surface area contributed by atoms with Crippen LogP contribution < -0.4 is 4.74 Å². The fourth-order valence-corrected chi connectivity index (χ4v) is 2.07. The highest BCUT2D eigenvalue weighted by atomic mass is 79.9. The Bertz CT molecular complexity index is 523. The van der Waals surface area contributed by atoms with E-state index in [1.165, 1.54) is 0 Å². The predicted octanol–water partition coefficient (Wildman–Crippen LogP) is 4.02. The van der Waals surface area contributed by atoms with E-state index < -0.39 is 0 Å². The van der Waals surface area contributed by atoms with Gasteiger partial charge in [0.15, 0.2) is 0 Å². The normalized spacial score (nSPS) is 10.7. The summed E-state index contributed by atoms with van der Waals surface area (Å²) in [6, 6.07) is 9.34. The van der Waals surface area contributed by atoms with Crippen molar-refractivity contribution in [3.05, 3.63) is 35.9 Å². The number of rotatable bonds is 4. The van der Waals surface area contributed by atoms with Crippen LogP contribution in [0.2, 0.25) is 0 Å². The molecule has 0 bridgehead atoms. The second kappa shape index (κ2) is 5.41. The monoisotopic (exact) mass is 294 g/mol. The molecule has 0 aliphatic rings. The fraction of sp³-hybridized carbons (Fsp3) is 0.286. The number of ether oxygens (including phenoxy) is 1. The molecule has 17 heavy (non-hydrogen) atoms. The van der Waals surface area contributed by atoms with Gasteiger partial charge < -0.3 is 9.84 Å². The van der Waals surface area contributed by atoms with Crippen molar-refractivity contribution in [3.63, 3.8) is 0 Å². The van der Waals surface area contributed by atoms with Gasteiger partial charge in [0.2, 0.25) is 0 Å². The summed E-state index contributed by atoms with van der Waals surface area (Å²) in [4.78, 5) is 0. The lowest BCUT2D eigenvalue weighted by Crippen LogP contribution is -1.99. The minimum atomic E-state index is 0.296. The van der Waals surface area contributed by atoms with Gasteiger partial charge in [-0.3, -0.25) is 0 Å². The molecule has 2 nitrogen and oxygen atoms in total. The molecule has 0 aliphatic heterocycles. The van der Waals surface area contributed by atoms with Crippen molar-refractivity contribution < 1.29 is 9.84 Å². The Labute approximate surface area is 109 Å². The summed E-state index contributed by atoms with van der Waals surface area (Å²) in [5, 5.41) is 12.5. The molecule has 0 aliphatic carbocycles. The Morgan fingerprint density at radius 2 is 2.06 bits per heavy atom. The number of halogens is 1. The first-order chi connectivity index (χ1) is 8.22. The zero-order valence-electron chi connectivity index (χ0n) is 9.74. The van der Waals surface area contributed by atoms with E-state index in [2.05, 4.69) is 15.9 Å². The largest absolute Gasteiger partial charge is 0.508 e. The first-order valence-electron chi connectivity index (χ1n) is 5.63. The molecule has 1 N–H and O–H groups in total. The maximum atomic E-state index is 9.43. The number of aryl methyl sites for hydroxylation is 1. The van der Waals surface area contributed by atoms with E-state index in [0.29, 0.717) is 5.75 Å². The molecule has 0 aromatic heterocycles. The summed E-state index contributed by atoms with van der Waals surface area (Å²) < 4.78 is 5.72. The fourth-order valence-electron chi connectivity index (χ4n) is 1.85. The van der Waals surface area contributed by atoms with Crippen molar-refractivity contribution in [2.75, 3.05) is 11.9 Å². The van der Waals surface area contributed by atoms with Gasteiger partial charge in [-0.1, -0.05) is 28.1 Å². The molecule has 0 unspecified atom stereocenters. The third kappa shape index (κ3) is 2.72. The molecule has 0 saturated carbocycles. The number of phenolic OH excluding ortho intramolecular Hbond substituents is 1. The van der Waals surface area contributed by atoms with Gasteiger partial charge in [-0.05, 0) is 47.9 Å². The molecule has 2 aromatic rings. The van der Waals surface area contributed by atoms with E-state index in [-0.39, 0.29) is 0 Å². The molecule has 0 fully saturated rings. The Balaban J connectivity index is 2.33. The predicted molar refractivity (Wildman–Crippen MR) is 74.3 cm³/mol. The van der Waals surface area contributed by atoms with Gasteiger partial charge in [-0.2, -0.15) is 0 Å². The molecular formula is C14H15BrO2. The number of fused-ring (bicyclic) bond motifs is 1. The maximum Gasteiger partial charge on any atom is 0.122 e. The number of alkyl halides is 1. The summed E-state index contributed by atoms with van der Waals surface area (Å²) in [7, 11) is 0. The summed E-state index contributed by atoms with van der Waals surface area (Å²) in [6.07, 6.45) is 0.993. The molecule has 0 spiro atoms. The van der Waals surface area contributed by atoms with Crippen LogP contribution in [0.4, 0.5) is 0 Å². The lowest BCUT2D eigenvalue weighted by atomic mass is 10.0. The molecule has 0 amide bonds. The quantitative estimate of drug-likeness (QED) is 0.682. The van der Waals surface area contributed by atoms with Crippen LogP contribution in [0.1, 0.15) is 12.0 Å². The number of hydrogen-bond acceptors (Lipinski definition) is 2. The van der Waals surface area contributed by atoms with E-state index in [9.17, 15) is 5.11 Å². The van der Waals surface area contributed by atoms with Crippen LogP contribution in [0, 0.1) is 6.92 Å². The number of phenols is 1. The van der Waals surface area contributed by atoms with Crippen LogP contribution in [0.3, 0.4) is 0 Å². The number of benzene rings is 2. The standard InChI is InChI=1S/C14H15BrO2/c1-10-13-5-4-12(16)9-11(13)3-6-14(10)17-8-2-7-15/h3-6,9,16H,2,7-8H2,1H3. The molecule has 0 saturated heterocycles. The zero-order chi connectivity index (χ0) is 12.3. The lowest BCUT2D eigenvalue weighted by Gasteiger charge is -2.11. The van der Waals surface area contributed by atoms with Gasteiger partial charge in [0, 0.05) is 5.33 Å². The molecule has 3 heteroatoms. The van der Waals surface area contributed by atoms with Crippen molar-refractivity contribution in [1.29, 1.82) is 0 Å². The van der Waals surface area contributed by atoms with Gasteiger partial charge in [0.25, 0.3) is 0 Å². The van der Waals surface area contributed by atoms with Crippen LogP contribution in [0.25, 0.3) is 10.8 Å². The Morgan fingerprint density at radius 1 is 1.24 bits per heavy atom. The summed E-state index contributed by atoms with van der Waals surface area (Å²) in [6.45, 7) is 2.76. The number of aromatic hydroxyl groups is 1. The van der Waals surface area contributed by atoms with Crippen LogP contribution >= 0.6 is 15.9 Å². The molecule has 2 aromatic carbocycles. The van der Waals surface area contributed by atoms with Gasteiger partial charge in [0.1, 0.15) is 11.5 Å². The van der Waals surface area contributed by atoms with Gasteiger partial charge in [0.05, 0.1) is 6.61 Å². The van der Waals surface area contributed by atoms with Crippen LogP contribution in [-0.4, -0.2) is 17.0 Å². The van der Waals surface area contributed by atoms with E-state index >= 15 is 0 Å². The zero-order valence-corrected chi connectivity index (χ0v) is 11.3. The highest BCUT2D eigenvalue weighted by Crippen LogP contribution is 2.29. The highest BCUT2D eigenvalue weighted by Gasteiger charge is 2.05. The topological polar surface area (TPSA) is 29.5 Å². The summed E-state index contributed by atoms with van der Waals surface area (Å²) in [5.74, 6) is 1.22. The highest BCUT2D eigenvalue weighted by molar-refractivity contribution is 9.09. The molecule has 2 rings (SSSR count). The summed E-state index contributed by atoms with van der Waals surface area (Å²) >= 11 is 3.38. The smallest absolute Gasteiger partial charge is 0.122 e. The summed E-state index contributed by atoms with van der Waals surface area (Å²) in [5.41, 5.74) is 1.12. The molecule has 90 valence electrons. The van der Waals surface area contributed by atoms with Gasteiger partial charge in [-0.15, -0.1) is 0 Å². The average Bonchev–Trinajstić information content (AvgIpc) is 2.32. The van der Waals surface area contributed by atoms with Crippen molar-refractivity contribution in [2.24, 2.45) is 0 Å².